The van der Waals surface area contributed by atoms with Crippen molar-refractivity contribution in [2.24, 2.45) is 0 Å². The molecular weight excluding hydrogens is 337 g/mol. The molecule has 0 aromatic carbocycles. The molecule has 10 heavy (non-hydrogen) atoms. The molecule has 1 atom stereocenters. The molecule has 0 aromatic heterocycles. The average Bonchev–Trinajstić information content (AvgIpc) is 1.65. The Bertz CT molecular complexity index is 121. The molecule has 6 heteroatoms. The van der Waals surface area contributed by atoms with Crippen molar-refractivity contribution in [3.8, 4) is 0 Å². The molecule has 0 aliphatic carbocycles. The van der Waals surface area contributed by atoms with Crippen molar-refractivity contribution in [2.75, 3.05) is 0 Å². The molecule has 4 N–H and O–H groups in total. The molecule has 0 aliphatic rings. The fourth-order valence-electron chi connectivity index (χ4n) is 0.110. The number of aliphatic hydroxyl groups excluding tert-OH is 1. The van der Waals surface area contributed by atoms with E-state index in [9.17, 15) is 4.79 Å². The van der Waals surface area contributed by atoms with E-state index in [1.165, 1.54) is 0 Å². The van der Waals surface area contributed by atoms with Crippen molar-refractivity contribution in [1.29, 1.82) is 0 Å². The Morgan fingerprint density at radius 1 is 1.50 bits per heavy atom. The summed E-state index contributed by atoms with van der Waals surface area (Å²) in [6.07, 6.45) is -2.25. The summed E-state index contributed by atoms with van der Waals surface area (Å²) >= 11 is 0. The van der Waals surface area contributed by atoms with Gasteiger partial charge in [0.05, 0.1) is 0 Å². The van der Waals surface area contributed by atoms with E-state index in [1.807, 2.05) is 0 Å². The van der Waals surface area contributed by atoms with Gasteiger partial charge in [-0.25, -0.2) is 4.79 Å². The van der Waals surface area contributed by atoms with Gasteiger partial charge in [-0.05, 0) is 6.92 Å². The molecule has 0 heterocycles. The van der Waals surface area contributed by atoms with E-state index in [0.29, 0.717) is 0 Å². The normalized spacial score (nSPS) is 15.7. The summed E-state index contributed by atoms with van der Waals surface area (Å²) in [5.74, 6) is -1.67. The third-order valence-electron chi connectivity index (χ3n) is 0.936. The third kappa shape index (κ3) is 2.88. The van der Waals surface area contributed by atoms with Gasteiger partial charge < -0.3 is 20.4 Å². The van der Waals surface area contributed by atoms with Crippen molar-refractivity contribution in [1.82, 2.24) is 0 Å². The monoisotopic (exact) mass is 348 g/mol. The zero-order valence-electron chi connectivity index (χ0n) is 5.48. The maximum absolute atomic E-state index is 9.89. The van der Waals surface area contributed by atoms with Crippen molar-refractivity contribution in [3.05, 3.63) is 0 Å². The van der Waals surface area contributed by atoms with Gasteiger partial charge in [-0.3, -0.25) is 0 Å². The van der Waals surface area contributed by atoms with Crippen LogP contribution < -0.4 is 0 Å². The van der Waals surface area contributed by atoms with E-state index in [-0.39, 0.29) is 26.2 Å². The van der Waals surface area contributed by atoms with Crippen LogP contribution in [0.4, 0.5) is 0 Å². The van der Waals surface area contributed by atoms with Gasteiger partial charge in [0, 0.05) is 0 Å². The Hall–Kier alpha value is 0.233. The van der Waals surface area contributed by atoms with E-state index in [2.05, 4.69) is 0 Å². The van der Waals surface area contributed by atoms with Gasteiger partial charge in [0.2, 0.25) is 5.60 Å². The minimum atomic E-state index is -2.47. The summed E-state index contributed by atoms with van der Waals surface area (Å²) < 4.78 is 0. The van der Waals surface area contributed by atoms with E-state index < -0.39 is 17.9 Å². The van der Waals surface area contributed by atoms with Crippen LogP contribution in [0.3, 0.4) is 0 Å². The topological polar surface area (TPSA) is 98.0 Å². The molecule has 0 spiro atoms. The summed E-state index contributed by atoms with van der Waals surface area (Å²) in [6.45, 7) is 0.792. The molecule has 0 aliphatic heterocycles. The van der Waals surface area contributed by atoms with Crippen molar-refractivity contribution in [2.45, 2.75) is 18.8 Å². The zero-order valence-corrected chi connectivity index (χ0v) is 11.0. The standard InChI is InChI=1S/C4H8O5.Bi.3H/c1-4(9,2(5)6)3(7)8;;;;/h2,5-6,9H,1H3,(H,7,8);;;;. The maximum atomic E-state index is 9.89. The number of aliphatic hydroxyl groups is 3. The van der Waals surface area contributed by atoms with Crippen LogP contribution in [0.15, 0.2) is 0 Å². The predicted molar refractivity (Wildman–Crippen MR) is 36.4 cm³/mol. The summed E-state index contributed by atoms with van der Waals surface area (Å²) in [5.41, 5.74) is -2.47. The molecule has 0 radical (unpaired) electrons. The van der Waals surface area contributed by atoms with E-state index >= 15 is 0 Å². The Labute approximate surface area is 76.4 Å². The molecule has 0 fully saturated rings. The second kappa shape index (κ2) is 4.18. The number of hydrogen-bond acceptors (Lipinski definition) is 4. The van der Waals surface area contributed by atoms with Crippen LogP contribution >= 0.6 is 0 Å². The molecular formula is C4H11BiO5. The second-order valence-corrected chi connectivity index (χ2v) is 1.83. The Morgan fingerprint density at radius 2 is 1.80 bits per heavy atom. The van der Waals surface area contributed by atoms with Crippen molar-refractivity contribution >= 4 is 32.2 Å². The second-order valence-electron chi connectivity index (χ2n) is 1.83. The minimum absolute atomic E-state index is 0. The van der Waals surface area contributed by atoms with Crippen LogP contribution in [-0.2, 0) is 4.79 Å². The summed E-state index contributed by atoms with van der Waals surface area (Å²) in [7, 11) is 0. The Kier molecular flexibility index (Phi) is 5.38. The fourth-order valence-corrected chi connectivity index (χ4v) is 0.110. The van der Waals surface area contributed by atoms with Crippen LogP contribution in [0.5, 0.6) is 0 Å². The van der Waals surface area contributed by atoms with Crippen molar-refractivity contribution < 1.29 is 25.2 Å². The molecule has 0 saturated heterocycles. The number of carboxylic acids is 1. The Morgan fingerprint density at radius 3 is 1.80 bits per heavy atom. The van der Waals surface area contributed by atoms with E-state index in [0.717, 1.165) is 6.92 Å². The first-order chi connectivity index (χ1) is 3.89. The van der Waals surface area contributed by atoms with Gasteiger partial charge in [-0.2, -0.15) is 0 Å². The fraction of sp³-hybridized carbons (Fsp3) is 0.750. The number of carbonyl (C=O) groups is 1. The number of rotatable bonds is 2. The van der Waals surface area contributed by atoms with Gasteiger partial charge in [0.1, 0.15) is 0 Å². The van der Waals surface area contributed by atoms with Gasteiger partial charge >= 0.3 is 32.2 Å². The molecule has 0 bridgehead atoms. The Balaban J connectivity index is 0. The summed E-state index contributed by atoms with van der Waals surface area (Å²) in [5, 5.41) is 33.0. The first-order valence-electron chi connectivity index (χ1n) is 2.21. The third-order valence-corrected chi connectivity index (χ3v) is 0.936. The number of carboxylic acid groups (broad SMARTS) is 1. The van der Waals surface area contributed by atoms with Crippen LogP contribution in [0.25, 0.3) is 0 Å². The number of hydrogen-bond donors (Lipinski definition) is 4. The molecule has 0 rings (SSSR count). The van der Waals surface area contributed by atoms with Crippen LogP contribution in [-0.4, -0.2) is 64.5 Å². The first kappa shape index (κ1) is 12.9. The van der Waals surface area contributed by atoms with Gasteiger partial charge in [0.25, 0.3) is 0 Å². The predicted octanol–water partition coefficient (Wildman–Crippen LogP) is -3.05. The summed E-state index contributed by atoms with van der Waals surface area (Å²) in [4.78, 5) is 9.89. The SMILES string of the molecule is CC(O)(C(=O)O)C(O)O.[BiH3]. The molecule has 5 nitrogen and oxygen atoms in total. The first-order valence-corrected chi connectivity index (χ1v) is 2.21. The molecule has 0 aromatic rings. The van der Waals surface area contributed by atoms with E-state index in [1.54, 1.807) is 0 Å². The van der Waals surface area contributed by atoms with Crippen molar-refractivity contribution in [3.63, 3.8) is 0 Å². The molecule has 62 valence electrons. The van der Waals surface area contributed by atoms with Crippen LogP contribution in [0, 0.1) is 0 Å². The van der Waals surface area contributed by atoms with Crippen LogP contribution in [0.2, 0.25) is 0 Å². The van der Waals surface area contributed by atoms with Gasteiger partial charge in [0.15, 0.2) is 6.29 Å². The van der Waals surface area contributed by atoms with Gasteiger partial charge in [-0.1, -0.05) is 0 Å². The molecule has 0 amide bonds. The molecule has 1 unspecified atom stereocenters. The van der Waals surface area contributed by atoms with Crippen LogP contribution in [0.1, 0.15) is 6.92 Å². The quantitative estimate of drug-likeness (QED) is 0.314. The average molecular weight is 348 g/mol. The van der Waals surface area contributed by atoms with Gasteiger partial charge in [-0.15, -0.1) is 0 Å². The summed E-state index contributed by atoms with van der Waals surface area (Å²) in [6, 6.07) is 0. The van der Waals surface area contributed by atoms with E-state index in [4.69, 9.17) is 20.4 Å². The number of aliphatic carboxylic acids is 1. The molecule has 0 saturated carbocycles. The zero-order chi connectivity index (χ0) is 7.65.